The predicted molar refractivity (Wildman–Crippen MR) is 77.7 cm³/mol. The molecular weight excluding hydrogens is 270 g/mol. The van der Waals surface area contributed by atoms with Crippen molar-refractivity contribution in [3.63, 3.8) is 0 Å². The second-order valence-electron chi connectivity index (χ2n) is 4.88. The van der Waals surface area contributed by atoms with Gasteiger partial charge in [-0.1, -0.05) is 24.3 Å². The van der Waals surface area contributed by atoms with Crippen LogP contribution >= 0.6 is 0 Å². The van der Waals surface area contributed by atoms with E-state index in [0.29, 0.717) is 6.54 Å². The highest BCUT2D eigenvalue weighted by Gasteiger charge is 2.10. The van der Waals surface area contributed by atoms with Crippen LogP contribution in [0.4, 0.5) is 8.78 Å². The van der Waals surface area contributed by atoms with Crippen LogP contribution in [0, 0.1) is 29.9 Å². The van der Waals surface area contributed by atoms with E-state index < -0.39 is 11.6 Å². The molecule has 0 aliphatic heterocycles. The molecule has 21 heavy (non-hydrogen) atoms. The average molecular weight is 286 g/mol. The van der Waals surface area contributed by atoms with Gasteiger partial charge < -0.3 is 5.32 Å². The lowest BCUT2D eigenvalue weighted by Crippen LogP contribution is -2.19. The van der Waals surface area contributed by atoms with Gasteiger partial charge in [0.15, 0.2) is 0 Å². The maximum Gasteiger partial charge on any atom is 0.131 e. The molecule has 0 aromatic heterocycles. The Balaban J connectivity index is 1.93. The van der Waals surface area contributed by atoms with Gasteiger partial charge in [0.05, 0.1) is 11.6 Å². The number of aryl methyl sites for hydroxylation is 1. The summed E-state index contributed by atoms with van der Waals surface area (Å²) in [5.74, 6) is -1.37. The Morgan fingerprint density at radius 2 is 1.81 bits per heavy atom. The minimum Gasteiger partial charge on any atom is -0.312 e. The third kappa shape index (κ3) is 3.87. The normalized spacial score (nSPS) is 10.4. The first-order chi connectivity index (χ1) is 10.1. The van der Waals surface area contributed by atoms with Gasteiger partial charge in [0.1, 0.15) is 11.6 Å². The first kappa shape index (κ1) is 15.1. The molecule has 2 rings (SSSR count). The van der Waals surface area contributed by atoms with Crippen molar-refractivity contribution in [2.24, 2.45) is 0 Å². The second-order valence-corrected chi connectivity index (χ2v) is 4.88. The number of nitrogens with zero attached hydrogens (tertiary/aromatic N) is 1. The van der Waals surface area contributed by atoms with Crippen molar-refractivity contribution in [3.05, 3.63) is 70.3 Å². The molecule has 108 valence electrons. The Morgan fingerprint density at radius 3 is 2.43 bits per heavy atom. The van der Waals surface area contributed by atoms with E-state index in [1.54, 1.807) is 6.07 Å². The Kier molecular flexibility index (Phi) is 5.02. The molecule has 0 saturated carbocycles. The number of hydrogen-bond donors (Lipinski definition) is 1. The first-order valence-corrected chi connectivity index (χ1v) is 6.75. The van der Waals surface area contributed by atoms with Crippen LogP contribution in [0.2, 0.25) is 0 Å². The van der Waals surface area contributed by atoms with Crippen LogP contribution in [0.3, 0.4) is 0 Å². The van der Waals surface area contributed by atoms with Gasteiger partial charge in [-0.05, 0) is 43.1 Å². The molecule has 1 N–H and O–H groups in total. The van der Waals surface area contributed by atoms with Gasteiger partial charge in [0, 0.05) is 12.1 Å². The summed E-state index contributed by atoms with van der Waals surface area (Å²) < 4.78 is 27.4. The summed E-state index contributed by atoms with van der Waals surface area (Å²) >= 11 is 0. The monoisotopic (exact) mass is 286 g/mol. The smallest absolute Gasteiger partial charge is 0.131 e. The van der Waals surface area contributed by atoms with Gasteiger partial charge in [0.25, 0.3) is 0 Å². The topological polar surface area (TPSA) is 35.8 Å². The number of rotatable bonds is 5. The third-order valence-corrected chi connectivity index (χ3v) is 3.40. The first-order valence-electron chi connectivity index (χ1n) is 6.75. The summed E-state index contributed by atoms with van der Waals surface area (Å²) in [6, 6.07) is 11.9. The molecular formula is C17H16F2N2. The molecule has 2 nitrogen and oxygen atoms in total. The van der Waals surface area contributed by atoms with Gasteiger partial charge in [0.2, 0.25) is 0 Å². The van der Waals surface area contributed by atoms with E-state index in [9.17, 15) is 8.78 Å². The highest BCUT2D eigenvalue weighted by Crippen LogP contribution is 2.15. The molecule has 2 aromatic rings. The highest BCUT2D eigenvalue weighted by molar-refractivity contribution is 5.34. The quantitative estimate of drug-likeness (QED) is 0.854. The zero-order valence-corrected chi connectivity index (χ0v) is 11.8. The maximum atomic E-state index is 13.7. The van der Waals surface area contributed by atoms with E-state index in [2.05, 4.69) is 5.32 Å². The molecule has 0 unspecified atom stereocenters. The minimum absolute atomic E-state index is 0.00587. The van der Waals surface area contributed by atoms with E-state index in [0.717, 1.165) is 18.6 Å². The number of benzene rings is 2. The average Bonchev–Trinajstić information content (AvgIpc) is 2.47. The van der Waals surface area contributed by atoms with Crippen LogP contribution in [0.15, 0.2) is 36.4 Å². The minimum atomic E-state index is -0.685. The number of halogens is 2. The largest absolute Gasteiger partial charge is 0.312 e. The van der Waals surface area contributed by atoms with Crippen LogP contribution < -0.4 is 5.32 Å². The molecule has 2 aromatic carbocycles. The van der Waals surface area contributed by atoms with Crippen molar-refractivity contribution in [1.29, 1.82) is 5.26 Å². The Morgan fingerprint density at radius 1 is 1.14 bits per heavy atom. The molecule has 0 heterocycles. The molecule has 0 aliphatic rings. The van der Waals surface area contributed by atoms with Crippen LogP contribution in [0.1, 0.15) is 22.3 Å². The number of hydrogen-bond acceptors (Lipinski definition) is 2. The number of nitrogens with one attached hydrogen (secondary N) is 1. The molecule has 0 atom stereocenters. The highest BCUT2D eigenvalue weighted by atomic mass is 19.1. The molecule has 0 saturated heterocycles. The fraction of sp³-hybridized carbons (Fsp3) is 0.235. The van der Waals surface area contributed by atoms with Crippen molar-refractivity contribution >= 4 is 0 Å². The maximum absolute atomic E-state index is 13.7. The van der Waals surface area contributed by atoms with Gasteiger partial charge >= 0.3 is 0 Å². The zero-order valence-electron chi connectivity index (χ0n) is 11.8. The van der Waals surface area contributed by atoms with Crippen molar-refractivity contribution in [3.8, 4) is 6.07 Å². The van der Waals surface area contributed by atoms with Crippen molar-refractivity contribution in [2.75, 3.05) is 6.54 Å². The standard InChI is InChI=1S/C17H16F2N2/c1-12-4-2-3-5-14(12)6-7-21-11-15-16(18)8-13(10-20)9-17(15)19/h2-5,8-9,21H,6-7,11H2,1H3. The molecule has 4 heteroatoms. The molecule has 0 fully saturated rings. The molecule has 0 aliphatic carbocycles. The fourth-order valence-electron chi connectivity index (χ4n) is 2.16. The van der Waals surface area contributed by atoms with E-state index >= 15 is 0 Å². The molecule has 0 radical (unpaired) electrons. The van der Waals surface area contributed by atoms with Crippen LogP contribution in [-0.4, -0.2) is 6.54 Å². The second kappa shape index (κ2) is 6.96. The van der Waals surface area contributed by atoms with E-state index in [-0.39, 0.29) is 17.7 Å². The number of nitriles is 1. The summed E-state index contributed by atoms with van der Waals surface area (Å²) in [4.78, 5) is 0. The molecule has 0 bridgehead atoms. The van der Waals surface area contributed by atoms with Crippen molar-refractivity contribution in [1.82, 2.24) is 5.32 Å². The van der Waals surface area contributed by atoms with Crippen molar-refractivity contribution < 1.29 is 8.78 Å². The zero-order chi connectivity index (χ0) is 15.2. The van der Waals surface area contributed by atoms with Gasteiger partial charge in [-0.15, -0.1) is 0 Å². The van der Waals surface area contributed by atoms with Crippen molar-refractivity contribution in [2.45, 2.75) is 19.9 Å². The summed E-state index contributed by atoms with van der Waals surface area (Å²) in [6.45, 7) is 2.77. The predicted octanol–water partition coefficient (Wildman–Crippen LogP) is 3.48. The lowest BCUT2D eigenvalue weighted by Gasteiger charge is -2.09. The van der Waals surface area contributed by atoms with Gasteiger partial charge in [-0.25, -0.2) is 8.78 Å². The molecule has 0 amide bonds. The van der Waals surface area contributed by atoms with Crippen LogP contribution in [-0.2, 0) is 13.0 Å². The van der Waals surface area contributed by atoms with Crippen LogP contribution in [0.5, 0.6) is 0 Å². The lowest BCUT2D eigenvalue weighted by molar-refractivity contribution is 0.535. The lowest BCUT2D eigenvalue weighted by atomic mass is 10.1. The molecule has 0 spiro atoms. The summed E-state index contributed by atoms with van der Waals surface area (Å²) in [7, 11) is 0. The summed E-state index contributed by atoms with van der Waals surface area (Å²) in [5.41, 5.74) is 2.38. The fourth-order valence-corrected chi connectivity index (χ4v) is 2.16. The Bertz CT molecular complexity index is 652. The van der Waals surface area contributed by atoms with Gasteiger partial charge in [-0.2, -0.15) is 5.26 Å². The Labute approximate surface area is 123 Å². The van der Waals surface area contributed by atoms with E-state index in [4.69, 9.17) is 5.26 Å². The SMILES string of the molecule is Cc1ccccc1CCNCc1c(F)cc(C#N)cc1F. The summed E-state index contributed by atoms with van der Waals surface area (Å²) in [6.07, 6.45) is 0.798. The summed E-state index contributed by atoms with van der Waals surface area (Å²) in [5, 5.41) is 11.7. The third-order valence-electron chi connectivity index (χ3n) is 3.40. The van der Waals surface area contributed by atoms with Crippen LogP contribution in [0.25, 0.3) is 0 Å². The van der Waals surface area contributed by atoms with E-state index in [1.165, 1.54) is 11.1 Å². The van der Waals surface area contributed by atoms with Gasteiger partial charge in [-0.3, -0.25) is 0 Å². The Hall–Kier alpha value is -2.25. The van der Waals surface area contributed by atoms with E-state index in [1.807, 2.05) is 31.2 Å².